The van der Waals surface area contributed by atoms with Crippen LogP contribution in [0, 0.1) is 5.82 Å². The molecule has 1 N–H and O–H groups in total. The highest BCUT2D eigenvalue weighted by molar-refractivity contribution is 6.32. The maximum atomic E-state index is 13.3. The molecule has 2 aromatic carbocycles. The number of halogens is 2. The van der Waals surface area contributed by atoms with Gasteiger partial charge < -0.3 is 10.1 Å². The number of ether oxygens (including phenoxy) is 1. The highest BCUT2D eigenvalue weighted by Gasteiger charge is 2.14. The number of rotatable bonds is 4. The lowest BCUT2D eigenvalue weighted by Crippen LogP contribution is -2.17. The standard InChI is InChI=1S/C15H15ClFNO/c1-18-15(10-4-3-5-12(17)8-10)11-6-7-13(16)14(9-11)19-2/h3-9,15,18H,1-2H3. The quantitative estimate of drug-likeness (QED) is 0.919. The third-order valence-electron chi connectivity index (χ3n) is 2.98. The van der Waals surface area contributed by atoms with Gasteiger partial charge in [0.25, 0.3) is 0 Å². The van der Waals surface area contributed by atoms with E-state index < -0.39 is 0 Å². The lowest BCUT2D eigenvalue weighted by molar-refractivity contribution is 0.414. The third kappa shape index (κ3) is 3.06. The fraction of sp³-hybridized carbons (Fsp3) is 0.200. The van der Waals surface area contributed by atoms with Crippen molar-refractivity contribution in [3.8, 4) is 5.75 Å². The number of nitrogens with one attached hydrogen (secondary N) is 1. The molecule has 0 aliphatic heterocycles. The minimum absolute atomic E-state index is 0.109. The Morgan fingerprint density at radius 1 is 1.16 bits per heavy atom. The summed E-state index contributed by atoms with van der Waals surface area (Å²) in [5.74, 6) is 0.356. The molecule has 0 amide bonds. The summed E-state index contributed by atoms with van der Waals surface area (Å²) in [4.78, 5) is 0. The molecule has 100 valence electrons. The zero-order valence-corrected chi connectivity index (χ0v) is 11.5. The number of benzene rings is 2. The average Bonchev–Trinajstić information content (AvgIpc) is 2.41. The molecule has 1 unspecified atom stereocenters. The predicted molar refractivity (Wildman–Crippen MR) is 75.3 cm³/mol. The minimum atomic E-state index is -0.251. The van der Waals surface area contributed by atoms with Gasteiger partial charge >= 0.3 is 0 Å². The maximum Gasteiger partial charge on any atom is 0.137 e. The van der Waals surface area contributed by atoms with Crippen LogP contribution in [0.25, 0.3) is 0 Å². The Labute approximate surface area is 117 Å². The summed E-state index contributed by atoms with van der Waals surface area (Å²) < 4.78 is 18.5. The molecule has 0 aromatic heterocycles. The molecule has 0 heterocycles. The first-order chi connectivity index (χ1) is 9.15. The van der Waals surface area contributed by atoms with Gasteiger partial charge in [0.05, 0.1) is 18.2 Å². The van der Waals surface area contributed by atoms with Crippen molar-refractivity contribution in [2.45, 2.75) is 6.04 Å². The van der Waals surface area contributed by atoms with Crippen LogP contribution in [-0.4, -0.2) is 14.2 Å². The minimum Gasteiger partial charge on any atom is -0.495 e. The summed E-state index contributed by atoms with van der Waals surface area (Å²) in [6, 6.07) is 11.9. The first kappa shape index (κ1) is 13.8. The molecule has 2 nitrogen and oxygen atoms in total. The van der Waals surface area contributed by atoms with Crippen LogP contribution >= 0.6 is 11.6 Å². The normalized spacial score (nSPS) is 12.2. The van der Waals surface area contributed by atoms with Gasteiger partial charge in [-0.1, -0.05) is 29.8 Å². The molecule has 0 saturated carbocycles. The van der Waals surface area contributed by atoms with Gasteiger partial charge in [0, 0.05) is 0 Å². The van der Waals surface area contributed by atoms with E-state index in [4.69, 9.17) is 16.3 Å². The second-order valence-electron chi connectivity index (χ2n) is 4.17. The van der Waals surface area contributed by atoms with Crippen LogP contribution in [0.2, 0.25) is 5.02 Å². The molecule has 2 rings (SSSR count). The highest BCUT2D eigenvalue weighted by atomic mass is 35.5. The van der Waals surface area contributed by atoms with Crippen molar-refractivity contribution < 1.29 is 9.13 Å². The van der Waals surface area contributed by atoms with Gasteiger partial charge in [-0.3, -0.25) is 0 Å². The zero-order valence-electron chi connectivity index (χ0n) is 10.8. The largest absolute Gasteiger partial charge is 0.495 e. The van der Waals surface area contributed by atoms with Crippen LogP contribution in [0.4, 0.5) is 4.39 Å². The summed E-state index contributed by atoms with van der Waals surface area (Å²) in [5.41, 5.74) is 1.82. The van der Waals surface area contributed by atoms with Crippen LogP contribution < -0.4 is 10.1 Å². The summed E-state index contributed by atoms with van der Waals surface area (Å²) in [6.07, 6.45) is 0. The third-order valence-corrected chi connectivity index (χ3v) is 3.29. The molecule has 0 aliphatic carbocycles. The molecule has 0 aliphatic rings. The van der Waals surface area contributed by atoms with Gasteiger partial charge in [0.2, 0.25) is 0 Å². The van der Waals surface area contributed by atoms with Crippen LogP contribution in [0.1, 0.15) is 17.2 Å². The fourth-order valence-corrected chi connectivity index (χ4v) is 2.26. The lowest BCUT2D eigenvalue weighted by atomic mass is 9.98. The molecular weight excluding hydrogens is 265 g/mol. The van der Waals surface area contributed by atoms with Crippen molar-refractivity contribution in [3.05, 3.63) is 64.4 Å². The van der Waals surface area contributed by atoms with Crippen LogP contribution in [0.15, 0.2) is 42.5 Å². The van der Waals surface area contributed by atoms with Crippen molar-refractivity contribution in [1.82, 2.24) is 5.32 Å². The Hall–Kier alpha value is -1.58. The van der Waals surface area contributed by atoms with Crippen molar-refractivity contribution >= 4 is 11.6 Å². The molecule has 0 spiro atoms. The molecule has 4 heteroatoms. The van der Waals surface area contributed by atoms with Gasteiger partial charge in [0.15, 0.2) is 0 Å². The van der Waals surface area contributed by atoms with E-state index in [0.29, 0.717) is 10.8 Å². The smallest absolute Gasteiger partial charge is 0.137 e. The summed E-state index contributed by atoms with van der Waals surface area (Å²) in [6.45, 7) is 0. The SMILES string of the molecule is CNC(c1cccc(F)c1)c1ccc(Cl)c(OC)c1. The fourth-order valence-electron chi connectivity index (χ4n) is 2.07. The van der Waals surface area contributed by atoms with Gasteiger partial charge in [-0.25, -0.2) is 4.39 Å². The van der Waals surface area contributed by atoms with Gasteiger partial charge in [-0.2, -0.15) is 0 Å². The number of methoxy groups -OCH3 is 1. The summed E-state index contributed by atoms with van der Waals surface area (Å²) >= 11 is 6.01. The lowest BCUT2D eigenvalue weighted by Gasteiger charge is -2.18. The maximum absolute atomic E-state index is 13.3. The summed E-state index contributed by atoms with van der Waals surface area (Å²) in [7, 11) is 3.40. The first-order valence-electron chi connectivity index (χ1n) is 5.92. The van der Waals surface area contributed by atoms with E-state index in [1.807, 2.05) is 25.2 Å². The Bertz CT molecular complexity index is 574. The van der Waals surface area contributed by atoms with Crippen LogP contribution in [0.3, 0.4) is 0 Å². The second kappa shape index (κ2) is 6.04. The highest BCUT2D eigenvalue weighted by Crippen LogP contribution is 2.30. The Morgan fingerprint density at radius 3 is 2.53 bits per heavy atom. The molecule has 0 bridgehead atoms. The molecule has 2 aromatic rings. The van der Waals surface area contributed by atoms with E-state index in [9.17, 15) is 4.39 Å². The molecule has 19 heavy (non-hydrogen) atoms. The molecule has 0 saturated heterocycles. The van der Waals surface area contributed by atoms with E-state index >= 15 is 0 Å². The topological polar surface area (TPSA) is 21.3 Å². The molecule has 0 radical (unpaired) electrons. The zero-order chi connectivity index (χ0) is 13.8. The number of hydrogen-bond donors (Lipinski definition) is 1. The second-order valence-corrected chi connectivity index (χ2v) is 4.58. The summed E-state index contributed by atoms with van der Waals surface area (Å²) in [5, 5.41) is 3.72. The van der Waals surface area contributed by atoms with Crippen LogP contribution in [-0.2, 0) is 0 Å². The monoisotopic (exact) mass is 279 g/mol. The molecule has 0 fully saturated rings. The predicted octanol–water partition coefficient (Wildman–Crippen LogP) is 3.80. The van der Waals surface area contributed by atoms with E-state index in [1.165, 1.54) is 12.1 Å². The van der Waals surface area contributed by atoms with Crippen molar-refractivity contribution in [2.24, 2.45) is 0 Å². The van der Waals surface area contributed by atoms with Gasteiger partial charge in [-0.05, 0) is 42.4 Å². The Balaban J connectivity index is 2.42. The van der Waals surface area contributed by atoms with E-state index in [1.54, 1.807) is 19.2 Å². The Kier molecular flexibility index (Phi) is 4.40. The van der Waals surface area contributed by atoms with Gasteiger partial charge in [0.1, 0.15) is 11.6 Å². The average molecular weight is 280 g/mol. The van der Waals surface area contributed by atoms with E-state index in [2.05, 4.69) is 5.32 Å². The van der Waals surface area contributed by atoms with Crippen molar-refractivity contribution in [1.29, 1.82) is 0 Å². The molecular formula is C15H15ClFNO. The van der Waals surface area contributed by atoms with E-state index in [0.717, 1.165) is 11.1 Å². The van der Waals surface area contributed by atoms with Gasteiger partial charge in [-0.15, -0.1) is 0 Å². The molecule has 1 atom stereocenters. The number of hydrogen-bond acceptors (Lipinski definition) is 2. The van der Waals surface area contributed by atoms with Crippen molar-refractivity contribution in [3.63, 3.8) is 0 Å². The van der Waals surface area contributed by atoms with Crippen LogP contribution in [0.5, 0.6) is 5.75 Å². The first-order valence-corrected chi connectivity index (χ1v) is 6.29. The van der Waals surface area contributed by atoms with Crippen molar-refractivity contribution in [2.75, 3.05) is 14.2 Å². The Morgan fingerprint density at radius 2 is 1.89 bits per heavy atom. The van der Waals surface area contributed by atoms with E-state index in [-0.39, 0.29) is 11.9 Å².